The zero-order chi connectivity index (χ0) is 11.4. The number of hydrogen-bond donors (Lipinski definition) is 2. The fourth-order valence-electron chi connectivity index (χ4n) is 2.28. The Labute approximate surface area is 102 Å². The number of hydrogen-bond acceptors (Lipinski definition) is 3. The molecule has 0 aromatic rings. The van der Waals surface area contributed by atoms with Gasteiger partial charge in [-0.15, -0.1) is 0 Å². The van der Waals surface area contributed by atoms with E-state index in [1.54, 1.807) is 0 Å². The standard InChI is InChI=1S/C12H22N2OS/c1-16-12(4-5-12)9-14-11(15)7-10-3-2-6-13-8-10/h10,13H,2-9H2,1H3,(H,14,15). The van der Waals surface area contributed by atoms with E-state index in [0.717, 1.165) is 19.6 Å². The smallest absolute Gasteiger partial charge is 0.220 e. The maximum Gasteiger partial charge on any atom is 0.220 e. The van der Waals surface area contributed by atoms with Crippen molar-refractivity contribution in [1.82, 2.24) is 10.6 Å². The third-order valence-electron chi connectivity index (χ3n) is 3.72. The SMILES string of the molecule is CSC1(CNC(=O)CC2CCCNC2)CC1. The first-order chi connectivity index (χ1) is 7.74. The number of thioether (sulfide) groups is 1. The second kappa shape index (κ2) is 5.41. The first-order valence-electron chi connectivity index (χ1n) is 6.27. The van der Waals surface area contributed by atoms with Crippen molar-refractivity contribution < 1.29 is 4.79 Å². The molecule has 1 saturated heterocycles. The van der Waals surface area contributed by atoms with Crippen LogP contribution in [0, 0.1) is 5.92 Å². The van der Waals surface area contributed by atoms with Crippen LogP contribution in [0.5, 0.6) is 0 Å². The van der Waals surface area contributed by atoms with Crippen LogP contribution in [0.1, 0.15) is 32.1 Å². The summed E-state index contributed by atoms with van der Waals surface area (Å²) in [6.07, 6.45) is 7.79. The monoisotopic (exact) mass is 242 g/mol. The first kappa shape index (κ1) is 12.2. The molecule has 16 heavy (non-hydrogen) atoms. The Bertz CT molecular complexity index is 247. The van der Waals surface area contributed by atoms with Crippen LogP contribution < -0.4 is 10.6 Å². The molecule has 1 saturated carbocycles. The van der Waals surface area contributed by atoms with Crippen LogP contribution in [0.2, 0.25) is 0 Å². The van der Waals surface area contributed by atoms with Crippen LogP contribution in [0.25, 0.3) is 0 Å². The summed E-state index contributed by atoms with van der Waals surface area (Å²) in [5, 5.41) is 6.45. The van der Waals surface area contributed by atoms with E-state index in [-0.39, 0.29) is 5.91 Å². The molecule has 1 unspecified atom stereocenters. The van der Waals surface area contributed by atoms with E-state index in [0.29, 0.717) is 17.1 Å². The van der Waals surface area contributed by atoms with Crippen molar-refractivity contribution in [2.24, 2.45) is 5.92 Å². The van der Waals surface area contributed by atoms with E-state index >= 15 is 0 Å². The third-order valence-corrected chi connectivity index (χ3v) is 5.14. The molecule has 0 aromatic carbocycles. The lowest BCUT2D eigenvalue weighted by molar-refractivity contribution is -0.122. The van der Waals surface area contributed by atoms with Crippen LogP contribution in [0.3, 0.4) is 0 Å². The number of amides is 1. The van der Waals surface area contributed by atoms with Crippen molar-refractivity contribution in [3.8, 4) is 0 Å². The summed E-state index contributed by atoms with van der Waals surface area (Å²) >= 11 is 1.90. The van der Waals surface area contributed by atoms with Crippen LogP contribution in [0.4, 0.5) is 0 Å². The van der Waals surface area contributed by atoms with Crippen LogP contribution >= 0.6 is 11.8 Å². The highest BCUT2D eigenvalue weighted by Gasteiger charge is 2.41. The minimum absolute atomic E-state index is 0.244. The van der Waals surface area contributed by atoms with E-state index in [4.69, 9.17) is 0 Å². The number of nitrogens with one attached hydrogen (secondary N) is 2. The molecule has 2 fully saturated rings. The highest BCUT2D eigenvalue weighted by molar-refractivity contribution is 8.00. The Morgan fingerprint density at radius 3 is 2.94 bits per heavy atom. The van der Waals surface area contributed by atoms with E-state index in [1.165, 1.54) is 25.7 Å². The first-order valence-corrected chi connectivity index (χ1v) is 7.49. The second-order valence-electron chi connectivity index (χ2n) is 5.08. The predicted molar refractivity (Wildman–Crippen MR) is 68.7 cm³/mol. The summed E-state index contributed by atoms with van der Waals surface area (Å²) in [5.41, 5.74) is 0. The third kappa shape index (κ3) is 3.39. The number of piperidine rings is 1. The molecule has 2 N–H and O–H groups in total. The largest absolute Gasteiger partial charge is 0.355 e. The minimum atomic E-state index is 0.244. The molecule has 1 aliphatic heterocycles. The molecule has 0 aromatic heterocycles. The Kier molecular flexibility index (Phi) is 4.14. The van der Waals surface area contributed by atoms with Crippen molar-refractivity contribution >= 4 is 17.7 Å². The molecule has 3 nitrogen and oxygen atoms in total. The Hall–Kier alpha value is -0.220. The van der Waals surface area contributed by atoms with Gasteiger partial charge in [0.1, 0.15) is 0 Å². The highest BCUT2D eigenvalue weighted by Crippen LogP contribution is 2.46. The summed E-state index contributed by atoms with van der Waals surface area (Å²) in [7, 11) is 0. The Balaban J connectivity index is 1.64. The summed E-state index contributed by atoms with van der Waals surface area (Å²) in [4.78, 5) is 11.8. The van der Waals surface area contributed by atoms with Gasteiger partial charge in [-0.25, -0.2) is 0 Å². The molecule has 0 spiro atoms. The fourth-order valence-corrected chi connectivity index (χ4v) is 3.01. The minimum Gasteiger partial charge on any atom is -0.355 e. The maximum atomic E-state index is 11.8. The average molecular weight is 242 g/mol. The summed E-state index contributed by atoms with van der Waals surface area (Å²) in [6.45, 7) is 3.00. The predicted octanol–water partition coefficient (Wildman–Crippen LogP) is 1.39. The lowest BCUT2D eigenvalue weighted by atomic mass is 9.96. The van der Waals surface area contributed by atoms with Crippen molar-refractivity contribution in [1.29, 1.82) is 0 Å². The van der Waals surface area contributed by atoms with Gasteiger partial charge in [-0.2, -0.15) is 11.8 Å². The lowest BCUT2D eigenvalue weighted by Gasteiger charge is -2.22. The summed E-state index contributed by atoms with van der Waals surface area (Å²) in [5.74, 6) is 0.798. The van der Waals surface area contributed by atoms with E-state index in [1.807, 2.05) is 11.8 Å². The molecule has 92 valence electrons. The molecule has 0 bridgehead atoms. The van der Waals surface area contributed by atoms with Gasteiger partial charge in [0.25, 0.3) is 0 Å². The Morgan fingerprint density at radius 2 is 2.38 bits per heavy atom. The van der Waals surface area contributed by atoms with Crippen molar-refractivity contribution in [2.75, 3.05) is 25.9 Å². The van der Waals surface area contributed by atoms with Gasteiger partial charge < -0.3 is 10.6 Å². The molecule has 1 amide bonds. The van der Waals surface area contributed by atoms with Gasteiger partial charge in [-0.05, 0) is 50.9 Å². The molecule has 0 radical (unpaired) electrons. The normalized spacial score (nSPS) is 27.4. The van der Waals surface area contributed by atoms with Gasteiger partial charge in [0.15, 0.2) is 0 Å². The number of carbonyl (C=O) groups excluding carboxylic acids is 1. The zero-order valence-corrected chi connectivity index (χ0v) is 10.9. The van der Waals surface area contributed by atoms with Gasteiger partial charge in [-0.3, -0.25) is 4.79 Å². The Morgan fingerprint density at radius 1 is 1.56 bits per heavy atom. The van der Waals surface area contributed by atoms with E-state index < -0.39 is 0 Å². The van der Waals surface area contributed by atoms with Crippen LogP contribution in [0.15, 0.2) is 0 Å². The van der Waals surface area contributed by atoms with Gasteiger partial charge in [0, 0.05) is 17.7 Å². The number of carbonyl (C=O) groups is 1. The van der Waals surface area contributed by atoms with E-state index in [2.05, 4.69) is 16.9 Å². The van der Waals surface area contributed by atoms with Crippen molar-refractivity contribution in [3.05, 3.63) is 0 Å². The van der Waals surface area contributed by atoms with Crippen LogP contribution in [-0.2, 0) is 4.79 Å². The summed E-state index contributed by atoms with van der Waals surface area (Å²) in [6, 6.07) is 0. The van der Waals surface area contributed by atoms with Crippen molar-refractivity contribution in [2.45, 2.75) is 36.9 Å². The zero-order valence-electron chi connectivity index (χ0n) is 10.1. The lowest BCUT2D eigenvalue weighted by Crippen LogP contribution is -2.36. The maximum absolute atomic E-state index is 11.8. The van der Waals surface area contributed by atoms with Crippen molar-refractivity contribution in [3.63, 3.8) is 0 Å². The van der Waals surface area contributed by atoms with Crippen LogP contribution in [-0.4, -0.2) is 36.5 Å². The molecule has 4 heteroatoms. The van der Waals surface area contributed by atoms with Gasteiger partial charge in [0.2, 0.25) is 5.91 Å². The van der Waals surface area contributed by atoms with E-state index in [9.17, 15) is 4.79 Å². The molecular weight excluding hydrogens is 220 g/mol. The molecular formula is C12H22N2OS. The second-order valence-corrected chi connectivity index (χ2v) is 6.35. The topological polar surface area (TPSA) is 41.1 Å². The molecule has 1 heterocycles. The average Bonchev–Trinajstić information content (AvgIpc) is 3.09. The van der Waals surface area contributed by atoms with Gasteiger partial charge in [-0.1, -0.05) is 0 Å². The summed E-state index contributed by atoms with van der Waals surface area (Å²) < 4.78 is 0.389. The molecule has 2 aliphatic rings. The molecule has 2 rings (SSSR count). The van der Waals surface area contributed by atoms with Gasteiger partial charge in [0.05, 0.1) is 0 Å². The quantitative estimate of drug-likeness (QED) is 0.765. The molecule has 1 atom stereocenters. The number of rotatable bonds is 5. The van der Waals surface area contributed by atoms with Gasteiger partial charge >= 0.3 is 0 Å². The highest BCUT2D eigenvalue weighted by atomic mass is 32.2. The fraction of sp³-hybridized carbons (Fsp3) is 0.917. The molecule has 1 aliphatic carbocycles.